The molecule has 1 N–H and O–H groups in total. The van der Waals surface area contributed by atoms with Crippen LogP contribution in [0, 0.1) is 0 Å². The highest BCUT2D eigenvalue weighted by Crippen LogP contribution is 2.48. The molecule has 1 aliphatic rings. The third-order valence-corrected chi connectivity index (χ3v) is 8.65. The fraction of sp³-hybridized carbons (Fsp3) is 0.364. The van der Waals surface area contributed by atoms with Gasteiger partial charge in [0, 0.05) is 12.3 Å². The van der Waals surface area contributed by atoms with E-state index >= 15 is 0 Å². The molecule has 0 aliphatic carbocycles. The van der Waals surface area contributed by atoms with E-state index in [1.54, 1.807) is 32.5 Å². The Morgan fingerprint density at radius 2 is 1.37 bits per heavy atom. The van der Waals surface area contributed by atoms with E-state index in [4.69, 9.17) is 9.47 Å². The highest BCUT2D eigenvalue weighted by atomic mass is 32.2. The van der Waals surface area contributed by atoms with Crippen LogP contribution in [0.2, 0.25) is 0 Å². The van der Waals surface area contributed by atoms with Crippen LogP contribution in [-0.4, -0.2) is 60.0 Å². The molecule has 1 fully saturated rings. The molecular weight excluding hydrogens is 536 g/mol. The van der Waals surface area contributed by atoms with Crippen LogP contribution in [0.5, 0.6) is 0 Å². The number of nitrogens with zero attached hydrogens (tertiary/aromatic N) is 1. The lowest BCUT2D eigenvalue weighted by atomic mass is 9.84. The maximum absolute atomic E-state index is 14.0. The second-order valence-corrected chi connectivity index (χ2v) is 12.2. The highest BCUT2D eigenvalue weighted by molar-refractivity contribution is 8.00. The maximum Gasteiger partial charge on any atom is 0.408 e. The Bertz CT molecular complexity index is 1220. The molecule has 7 nitrogen and oxygen atoms in total. The molecule has 1 heterocycles. The number of thioether (sulfide) groups is 1. The minimum Gasteiger partial charge on any atom is -0.467 e. The largest absolute Gasteiger partial charge is 0.467 e. The Labute approximate surface area is 246 Å². The van der Waals surface area contributed by atoms with Crippen LogP contribution in [0.4, 0.5) is 4.79 Å². The van der Waals surface area contributed by atoms with Gasteiger partial charge in [-0.05, 0) is 50.3 Å². The van der Waals surface area contributed by atoms with Crippen molar-refractivity contribution in [2.24, 2.45) is 0 Å². The van der Waals surface area contributed by atoms with E-state index in [0.29, 0.717) is 19.4 Å². The second-order valence-electron chi connectivity index (χ2n) is 11.0. The topological polar surface area (TPSA) is 84.9 Å². The molecule has 8 heteroatoms. The first-order chi connectivity index (χ1) is 19.7. The minimum atomic E-state index is -0.949. The van der Waals surface area contributed by atoms with Crippen molar-refractivity contribution in [1.82, 2.24) is 10.2 Å². The summed E-state index contributed by atoms with van der Waals surface area (Å²) in [4.78, 5) is 41.1. The Morgan fingerprint density at radius 1 is 0.878 bits per heavy atom. The summed E-state index contributed by atoms with van der Waals surface area (Å²) < 4.78 is 9.83. The Hall–Kier alpha value is -3.78. The number of benzene rings is 3. The molecule has 0 aromatic heterocycles. The number of likely N-dealkylation sites (tertiary alicyclic amines) is 1. The van der Waals surface area contributed by atoms with Gasteiger partial charge in [-0.25, -0.2) is 9.59 Å². The smallest absolute Gasteiger partial charge is 0.408 e. The first-order valence-electron chi connectivity index (χ1n) is 13.8. The first-order valence-corrected chi connectivity index (χ1v) is 14.8. The van der Waals surface area contributed by atoms with E-state index in [0.717, 1.165) is 16.7 Å². The molecule has 3 aromatic carbocycles. The predicted octanol–water partition coefficient (Wildman–Crippen LogP) is 5.77. The maximum atomic E-state index is 14.0. The van der Waals surface area contributed by atoms with E-state index in [1.807, 2.05) is 54.6 Å². The summed E-state index contributed by atoms with van der Waals surface area (Å²) in [6.45, 7) is 5.74. The predicted molar refractivity (Wildman–Crippen MR) is 162 cm³/mol. The van der Waals surface area contributed by atoms with Crippen molar-refractivity contribution < 1.29 is 23.9 Å². The minimum absolute atomic E-state index is 0.223. The van der Waals surface area contributed by atoms with Crippen molar-refractivity contribution in [2.45, 2.75) is 56.0 Å². The van der Waals surface area contributed by atoms with E-state index < -0.39 is 34.5 Å². The third kappa shape index (κ3) is 7.11. The van der Waals surface area contributed by atoms with Gasteiger partial charge >= 0.3 is 12.1 Å². The molecule has 2 atom stereocenters. The average Bonchev–Trinajstić information content (AvgIpc) is 3.47. The van der Waals surface area contributed by atoms with Gasteiger partial charge < -0.3 is 19.7 Å². The fourth-order valence-corrected chi connectivity index (χ4v) is 6.76. The molecule has 216 valence electrons. The van der Waals surface area contributed by atoms with Gasteiger partial charge in [0.15, 0.2) is 0 Å². The van der Waals surface area contributed by atoms with E-state index in [9.17, 15) is 14.4 Å². The number of carbonyl (C=O) groups is 3. The van der Waals surface area contributed by atoms with E-state index in [2.05, 4.69) is 41.7 Å². The fourth-order valence-electron chi connectivity index (χ4n) is 5.21. The summed E-state index contributed by atoms with van der Waals surface area (Å²) in [5.41, 5.74) is 2.38. The molecule has 2 unspecified atom stereocenters. The van der Waals surface area contributed by atoms with Gasteiger partial charge in [0.1, 0.15) is 17.7 Å². The molecule has 0 radical (unpaired) electrons. The van der Waals surface area contributed by atoms with Gasteiger partial charge in [0.05, 0.1) is 11.9 Å². The number of amides is 2. The number of esters is 1. The van der Waals surface area contributed by atoms with Gasteiger partial charge in [0.2, 0.25) is 5.91 Å². The monoisotopic (exact) mass is 574 g/mol. The molecule has 0 saturated carbocycles. The second kappa shape index (κ2) is 13.3. The summed E-state index contributed by atoms with van der Waals surface area (Å²) in [6, 6.07) is 28.8. The van der Waals surface area contributed by atoms with Crippen molar-refractivity contribution in [3.05, 3.63) is 108 Å². The highest BCUT2D eigenvalue weighted by Gasteiger charge is 2.42. The molecule has 1 aliphatic heterocycles. The number of hydrogen-bond acceptors (Lipinski definition) is 6. The SMILES string of the molecule is COC(=O)C1CCCN1C(=O)C(CSC(c1ccccc1)(c1ccccc1)c1ccccc1)NC(=O)OC(C)(C)C. The zero-order chi connectivity index (χ0) is 29.5. The van der Waals surface area contributed by atoms with Crippen molar-refractivity contribution in [3.63, 3.8) is 0 Å². The standard InChI is InChI=1S/C33H38N2O5S/c1-32(2,3)40-31(38)34-27(29(36)35-22-14-21-28(35)30(37)39-4)23-41-33(24-15-8-5-9-16-24,25-17-10-6-11-18-25)26-19-12-7-13-20-26/h5-13,15-20,27-28H,14,21-23H2,1-4H3,(H,34,38). The van der Waals surface area contributed by atoms with Crippen molar-refractivity contribution in [2.75, 3.05) is 19.4 Å². The van der Waals surface area contributed by atoms with Crippen LogP contribution >= 0.6 is 11.8 Å². The van der Waals surface area contributed by atoms with Crippen molar-refractivity contribution >= 4 is 29.7 Å². The van der Waals surface area contributed by atoms with Crippen LogP contribution in [-0.2, 0) is 23.8 Å². The van der Waals surface area contributed by atoms with Crippen LogP contribution in [0.15, 0.2) is 91.0 Å². The molecule has 1 saturated heterocycles. The van der Waals surface area contributed by atoms with Gasteiger partial charge in [-0.1, -0.05) is 91.0 Å². The molecule has 0 bridgehead atoms. The lowest BCUT2D eigenvalue weighted by molar-refractivity contribution is -0.151. The summed E-state index contributed by atoms with van der Waals surface area (Å²) in [5.74, 6) is -0.563. The number of rotatable bonds is 9. The van der Waals surface area contributed by atoms with Gasteiger partial charge in [-0.15, -0.1) is 11.8 Å². The number of nitrogens with one attached hydrogen (secondary N) is 1. The van der Waals surface area contributed by atoms with Gasteiger partial charge in [-0.2, -0.15) is 0 Å². The number of hydrogen-bond donors (Lipinski definition) is 1. The van der Waals surface area contributed by atoms with Crippen LogP contribution in [0.3, 0.4) is 0 Å². The third-order valence-electron chi connectivity index (χ3n) is 7.01. The van der Waals surface area contributed by atoms with E-state index in [1.165, 1.54) is 12.0 Å². The normalized spacial score (nSPS) is 16.1. The number of ether oxygens (including phenoxy) is 2. The average molecular weight is 575 g/mol. The molecule has 2 amide bonds. The lowest BCUT2D eigenvalue weighted by Gasteiger charge is -2.37. The van der Waals surface area contributed by atoms with Gasteiger partial charge in [0.25, 0.3) is 0 Å². The number of methoxy groups -OCH3 is 1. The number of alkyl carbamates (subject to hydrolysis) is 1. The molecule has 41 heavy (non-hydrogen) atoms. The van der Waals surface area contributed by atoms with E-state index in [-0.39, 0.29) is 11.7 Å². The van der Waals surface area contributed by atoms with Crippen molar-refractivity contribution in [1.29, 1.82) is 0 Å². The molecule has 4 rings (SSSR count). The Morgan fingerprint density at radius 3 is 1.80 bits per heavy atom. The Balaban J connectivity index is 1.76. The first kappa shape index (κ1) is 30.2. The van der Waals surface area contributed by atoms with Crippen LogP contribution < -0.4 is 5.32 Å². The number of carbonyl (C=O) groups excluding carboxylic acids is 3. The lowest BCUT2D eigenvalue weighted by Crippen LogP contribution is -2.54. The molecular formula is C33H38N2O5S. The van der Waals surface area contributed by atoms with Crippen molar-refractivity contribution in [3.8, 4) is 0 Å². The summed E-state index contributed by atoms with van der Waals surface area (Å²) in [6.07, 6.45) is 0.516. The zero-order valence-electron chi connectivity index (χ0n) is 24.0. The van der Waals surface area contributed by atoms with Crippen LogP contribution in [0.25, 0.3) is 0 Å². The zero-order valence-corrected chi connectivity index (χ0v) is 24.9. The molecule has 0 spiro atoms. The quantitative estimate of drug-likeness (QED) is 0.258. The Kier molecular flexibility index (Phi) is 9.76. The summed E-state index contributed by atoms with van der Waals surface area (Å²) in [7, 11) is 1.32. The van der Waals surface area contributed by atoms with Gasteiger partial charge in [-0.3, -0.25) is 4.79 Å². The molecule has 3 aromatic rings. The summed E-state index contributed by atoms with van der Waals surface area (Å²) >= 11 is 1.56. The summed E-state index contributed by atoms with van der Waals surface area (Å²) in [5, 5.41) is 2.83. The van der Waals surface area contributed by atoms with Crippen LogP contribution in [0.1, 0.15) is 50.3 Å².